The van der Waals surface area contributed by atoms with Crippen molar-refractivity contribution in [3.63, 3.8) is 0 Å². The van der Waals surface area contributed by atoms with Crippen molar-refractivity contribution in [1.82, 2.24) is 0 Å². The summed E-state index contributed by atoms with van der Waals surface area (Å²) in [4.78, 5) is 6.48. The topological polar surface area (TPSA) is 208 Å². The molecule has 0 amide bonds. The second kappa shape index (κ2) is 19.8. The maximum absolute atomic E-state index is 11.8. The Labute approximate surface area is 296 Å². The van der Waals surface area contributed by atoms with Gasteiger partial charge in [0.1, 0.15) is 34.8 Å². The number of rotatable bonds is 19. The lowest BCUT2D eigenvalue weighted by atomic mass is 9.98. The lowest BCUT2D eigenvalue weighted by Crippen LogP contribution is -2.22. The van der Waals surface area contributed by atoms with Crippen LogP contribution in [-0.4, -0.2) is 71.3 Å². The van der Waals surface area contributed by atoms with Crippen LogP contribution in [0.2, 0.25) is 0 Å². The molecule has 3 aromatic rings. The number of hydrogen-bond donors (Lipinski definition) is 0. The Hall–Kier alpha value is -5.30. The van der Waals surface area contributed by atoms with E-state index in [0.29, 0.717) is 11.1 Å². The Morgan fingerprint density at radius 2 is 1.14 bits per heavy atom. The van der Waals surface area contributed by atoms with Crippen LogP contribution in [0.15, 0.2) is 72.8 Å². The van der Waals surface area contributed by atoms with E-state index in [2.05, 4.69) is 9.69 Å². The van der Waals surface area contributed by atoms with Crippen molar-refractivity contribution in [2.24, 2.45) is 0 Å². The molecule has 0 aliphatic carbocycles. The molecule has 0 saturated carbocycles. The molecule has 0 spiro atoms. The maximum Gasteiger partial charge on any atom is 0.272 e. The van der Waals surface area contributed by atoms with Crippen LogP contribution in [-0.2, 0) is 29.7 Å². The molecule has 51 heavy (non-hydrogen) atoms. The summed E-state index contributed by atoms with van der Waals surface area (Å²) in [6, 6.07) is 22.8. The third-order valence-corrected chi connectivity index (χ3v) is 9.34. The molecule has 0 radical (unpaired) electrons. The van der Waals surface area contributed by atoms with Gasteiger partial charge in [-0.25, -0.2) is 37.0 Å². The van der Waals surface area contributed by atoms with Crippen molar-refractivity contribution in [3.8, 4) is 23.6 Å². The van der Waals surface area contributed by atoms with Gasteiger partial charge >= 0.3 is 0 Å². The van der Waals surface area contributed by atoms with Gasteiger partial charge in [-0.2, -0.15) is 0 Å². The fourth-order valence-corrected chi connectivity index (χ4v) is 6.69. The highest BCUT2D eigenvalue weighted by atomic mass is 32.2. The normalized spacial score (nSPS) is 13.7. The van der Waals surface area contributed by atoms with Crippen LogP contribution in [0.1, 0.15) is 35.1 Å². The summed E-state index contributed by atoms with van der Waals surface area (Å²) in [6.45, 7) is 14.6. The molecule has 16 heteroatoms. The second-order valence-electron chi connectivity index (χ2n) is 10.7. The number of benzene rings is 3. The lowest BCUT2D eigenvalue weighted by Gasteiger charge is -2.21. The summed E-state index contributed by atoms with van der Waals surface area (Å²) in [7, 11) is -9.15. The standard InChI is InChI=1S/C35H34N4O10S2/c1-38-31(23-36)29-22-34(49-20-18-47-16-14-35(51(43,44)45)27-11-7-4-8-12-27)30(32(24-37)39-2)21-33(29)48-19-17-46-15-13-28(25-50(40,41)42)26-9-5-3-6-10-26/h3-12,21-22,28,35H,13-20,25H2,(H,40,41,42)(H,43,44,45)/p-2/b31-29+,32-30-. The van der Waals surface area contributed by atoms with E-state index in [4.69, 9.17) is 32.1 Å². The van der Waals surface area contributed by atoms with Gasteiger partial charge < -0.3 is 28.1 Å². The smallest absolute Gasteiger partial charge is 0.272 e. The Kier molecular flexibility index (Phi) is 15.6. The second-order valence-corrected chi connectivity index (χ2v) is 13.7. The minimum Gasteiger partial charge on any atom is -0.748 e. The predicted octanol–water partition coefficient (Wildman–Crippen LogP) is 2.98. The molecule has 14 nitrogen and oxygen atoms in total. The molecule has 0 bridgehead atoms. The molecule has 2 atom stereocenters. The number of nitrogens with zero attached hydrogens (tertiary/aromatic N) is 4. The van der Waals surface area contributed by atoms with Crippen LogP contribution >= 0.6 is 0 Å². The average Bonchev–Trinajstić information content (AvgIpc) is 3.10. The van der Waals surface area contributed by atoms with Crippen molar-refractivity contribution < 1.29 is 44.9 Å². The van der Waals surface area contributed by atoms with E-state index in [1.54, 1.807) is 60.7 Å². The lowest BCUT2D eigenvalue weighted by molar-refractivity contribution is 0.0946. The Bertz CT molecular complexity index is 2120. The molecular weight excluding hydrogens is 701 g/mol. The molecular formula is C35H32N4O10S2-2. The molecule has 3 aromatic carbocycles. The van der Waals surface area contributed by atoms with Crippen molar-refractivity contribution in [3.05, 3.63) is 117 Å². The SMILES string of the molecule is [C-]#[N+]/C(C#N)=c1/cc(OCCOCCC(CS(=O)(=O)[O-])c2ccccc2)/c(=C(\C#N)[N+]#[C-])cc1OCCOCCC(c1ccccc1)S(=O)(=O)[O-]. The van der Waals surface area contributed by atoms with Crippen LogP contribution in [0.5, 0.6) is 11.5 Å². The summed E-state index contributed by atoms with van der Waals surface area (Å²) in [5.74, 6) is -1.20. The zero-order chi connectivity index (χ0) is 37.3. The van der Waals surface area contributed by atoms with Gasteiger partial charge in [-0.1, -0.05) is 60.7 Å². The van der Waals surface area contributed by atoms with Crippen LogP contribution in [0.3, 0.4) is 0 Å². The number of nitriles is 2. The summed E-state index contributed by atoms with van der Waals surface area (Å²) in [6.07, 6.45) is 0.129. The first-order valence-electron chi connectivity index (χ1n) is 15.3. The summed E-state index contributed by atoms with van der Waals surface area (Å²) >= 11 is 0. The maximum atomic E-state index is 11.8. The highest BCUT2D eigenvalue weighted by molar-refractivity contribution is 7.86. The van der Waals surface area contributed by atoms with E-state index in [-0.39, 0.29) is 85.8 Å². The van der Waals surface area contributed by atoms with Gasteiger partial charge in [-0.3, -0.25) is 0 Å². The molecule has 0 fully saturated rings. The van der Waals surface area contributed by atoms with Crippen LogP contribution in [0.4, 0.5) is 0 Å². The van der Waals surface area contributed by atoms with Crippen molar-refractivity contribution in [2.75, 3.05) is 45.4 Å². The zero-order valence-electron chi connectivity index (χ0n) is 27.1. The third-order valence-electron chi connectivity index (χ3n) is 7.33. The molecule has 0 N–H and O–H groups in total. The van der Waals surface area contributed by atoms with Crippen molar-refractivity contribution in [2.45, 2.75) is 24.0 Å². The highest BCUT2D eigenvalue weighted by Gasteiger charge is 2.19. The van der Waals surface area contributed by atoms with E-state index >= 15 is 0 Å². The first kappa shape index (κ1) is 40.1. The summed E-state index contributed by atoms with van der Waals surface area (Å²) in [5, 5.41) is 18.0. The van der Waals surface area contributed by atoms with E-state index in [0.717, 1.165) is 0 Å². The first-order chi connectivity index (χ1) is 24.4. The van der Waals surface area contributed by atoms with Gasteiger partial charge in [0.05, 0.1) is 53.9 Å². The first-order valence-corrected chi connectivity index (χ1v) is 18.3. The van der Waals surface area contributed by atoms with E-state index in [9.17, 15) is 36.5 Å². The summed E-state index contributed by atoms with van der Waals surface area (Å²) in [5.41, 5.74) is 0.283. The summed E-state index contributed by atoms with van der Waals surface area (Å²) < 4.78 is 92.4. The Balaban J connectivity index is 1.70. The number of hydrogen-bond acceptors (Lipinski definition) is 12. The minimum absolute atomic E-state index is 0.00762. The fraction of sp³-hybridized carbons (Fsp3) is 0.314. The molecule has 0 saturated heterocycles. The van der Waals surface area contributed by atoms with Gasteiger partial charge in [0, 0.05) is 29.4 Å². The van der Waals surface area contributed by atoms with Crippen LogP contribution in [0.25, 0.3) is 21.1 Å². The van der Waals surface area contributed by atoms with E-state index < -0.39 is 37.2 Å². The molecule has 0 aliphatic rings. The molecule has 266 valence electrons. The van der Waals surface area contributed by atoms with Gasteiger partial charge in [0.2, 0.25) is 0 Å². The molecule has 0 aromatic heterocycles. The Morgan fingerprint density at radius 1 is 0.686 bits per heavy atom. The average molecular weight is 733 g/mol. The van der Waals surface area contributed by atoms with Gasteiger partial charge in [0.15, 0.2) is 0 Å². The molecule has 3 rings (SSSR count). The molecule has 2 unspecified atom stereocenters. The largest absolute Gasteiger partial charge is 0.748 e. The predicted molar refractivity (Wildman–Crippen MR) is 181 cm³/mol. The highest BCUT2D eigenvalue weighted by Crippen LogP contribution is 2.25. The van der Waals surface area contributed by atoms with E-state index in [1.807, 2.05) is 0 Å². The van der Waals surface area contributed by atoms with Gasteiger partial charge in [0.25, 0.3) is 11.4 Å². The van der Waals surface area contributed by atoms with Crippen LogP contribution < -0.4 is 19.9 Å². The van der Waals surface area contributed by atoms with Crippen LogP contribution in [0, 0.1) is 35.8 Å². The van der Waals surface area contributed by atoms with Gasteiger partial charge in [-0.15, -0.1) is 0 Å². The van der Waals surface area contributed by atoms with Crippen molar-refractivity contribution in [1.29, 1.82) is 10.5 Å². The fourth-order valence-electron chi connectivity index (χ4n) is 4.96. The van der Waals surface area contributed by atoms with E-state index in [1.165, 1.54) is 24.3 Å². The number of ether oxygens (including phenoxy) is 4. The molecule has 0 aliphatic heterocycles. The minimum atomic E-state index is -4.65. The van der Waals surface area contributed by atoms with Gasteiger partial charge in [-0.05, 0) is 42.0 Å². The Morgan fingerprint density at radius 3 is 1.55 bits per heavy atom. The molecule has 0 heterocycles. The third kappa shape index (κ3) is 12.8. The van der Waals surface area contributed by atoms with Crippen molar-refractivity contribution >= 4 is 31.6 Å². The zero-order valence-corrected chi connectivity index (χ0v) is 28.8. The monoisotopic (exact) mass is 732 g/mol. The quantitative estimate of drug-likeness (QED) is 0.0990.